The molecule has 3 atom stereocenters. The predicted molar refractivity (Wildman–Crippen MR) is 81.0 cm³/mol. The van der Waals surface area contributed by atoms with Gasteiger partial charge in [-0.15, -0.1) is 0 Å². The molecule has 20 heavy (non-hydrogen) atoms. The number of nitrogens with one attached hydrogen (secondary N) is 1. The van der Waals surface area contributed by atoms with Crippen LogP contribution in [0.25, 0.3) is 0 Å². The molecule has 4 nitrogen and oxygen atoms in total. The summed E-state index contributed by atoms with van der Waals surface area (Å²) in [4.78, 5) is 0. The minimum absolute atomic E-state index is 0.396. The van der Waals surface area contributed by atoms with Gasteiger partial charge >= 0.3 is 0 Å². The monoisotopic (exact) mass is 276 g/mol. The van der Waals surface area contributed by atoms with Crippen LogP contribution in [0.3, 0.4) is 0 Å². The smallest absolute Gasteiger partial charge is 0.0640 e. The first-order chi connectivity index (χ1) is 9.75. The lowest BCUT2D eigenvalue weighted by Crippen LogP contribution is -2.42. The Morgan fingerprint density at radius 1 is 1.30 bits per heavy atom. The van der Waals surface area contributed by atoms with E-state index >= 15 is 0 Å². The summed E-state index contributed by atoms with van der Waals surface area (Å²) in [6.07, 6.45) is 9.58. The Balaban J connectivity index is 1.61. The van der Waals surface area contributed by atoms with Gasteiger partial charge < -0.3 is 0 Å². The van der Waals surface area contributed by atoms with Crippen LogP contribution in [0, 0.1) is 17.8 Å². The highest BCUT2D eigenvalue weighted by Gasteiger charge is 2.47. The van der Waals surface area contributed by atoms with Gasteiger partial charge in [0.25, 0.3) is 0 Å². The van der Waals surface area contributed by atoms with Crippen LogP contribution in [0.2, 0.25) is 0 Å². The number of hydrazine groups is 1. The maximum absolute atomic E-state index is 5.80. The SMILES string of the molecule is CCC(CC)n1ccc(CC(NN)C2CC3CC3C2)n1. The highest BCUT2D eigenvalue weighted by atomic mass is 15.3. The molecule has 0 bridgehead atoms. The van der Waals surface area contributed by atoms with E-state index in [4.69, 9.17) is 10.9 Å². The van der Waals surface area contributed by atoms with Crippen molar-refractivity contribution in [3.8, 4) is 0 Å². The van der Waals surface area contributed by atoms with Crippen LogP contribution in [-0.2, 0) is 6.42 Å². The molecule has 0 radical (unpaired) electrons. The molecule has 2 fully saturated rings. The number of nitrogens with zero attached hydrogens (tertiary/aromatic N) is 2. The van der Waals surface area contributed by atoms with Crippen LogP contribution >= 0.6 is 0 Å². The van der Waals surface area contributed by atoms with E-state index in [2.05, 4.69) is 36.2 Å². The molecule has 3 rings (SSSR count). The Hall–Kier alpha value is -0.870. The van der Waals surface area contributed by atoms with Crippen molar-refractivity contribution in [1.29, 1.82) is 0 Å². The third-order valence-corrected chi connectivity index (χ3v) is 5.47. The minimum atomic E-state index is 0.396. The van der Waals surface area contributed by atoms with Gasteiger partial charge in [0.05, 0.1) is 11.7 Å². The van der Waals surface area contributed by atoms with E-state index in [1.807, 2.05) is 0 Å². The van der Waals surface area contributed by atoms with Crippen molar-refractivity contribution in [2.75, 3.05) is 0 Å². The number of fused-ring (bicyclic) bond motifs is 1. The van der Waals surface area contributed by atoms with E-state index in [1.54, 1.807) is 0 Å². The molecule has 3 N–H and O–H groups in total. The molecular weight excluding hydrogens is 248 g/mol. The second-order valence-corrected chi connectivity index (χ2v) is 6.72. The van der Waals surface area contributed by atoms with Gasteiger partial charge in [0, 0.05) is 18.7 Å². The number of aromatic nitrogens is 2. The third kappa shape index (κ3) is 2.77. The van der Waals surface area contributed by atoms with Gasteiger partial charge in [-0.2, -0.15) is 5.10 Å². The van der Waals surface area contributed by atoms with Crippen molar-refractivity contribution in [2.45, 2.75) is 64.5 Å². The van der Waals surface area contributed by atoms with Crippen molar-refractivity contribution < 1.29 is 0 Å². The average molecular weight is 276 g/mol. The van der Waals surface area contributed by atoms with Gasteiger partial charge in [0.15, 0.2) is 0 Å². The predicted octanol–water partition coefficient (Wildman–Crippen LogP) is 2.66. The maximum Gasteiger partial charge on any atom is 0.0640 e. The number of hydrogen-bond donors (Lipinski definition) is 2. The van der Waals surface area contributed by atoms with E-state index in [1.165, 1.54) is 25.0 Å². The molecule has 112 valence electrons. The molecule has 3 unspecified atom stereocenters. The van der Waals surface area contributed by atoms with E-state index in [0.717, 1.165) is 37.0 Å². The number of rotatable bonds is 7. The lowest BCUT2D eigenvalue weighted by molar-refractivity contribution is 0.331. The Morgan fingerprint density at radius 3 is 2.60 bits per heavy atom. The third-order valence-electron chi connectivity index (χ3n) is 5.47. The Labute approximate surface area is 122 Å². The summed E-state index contributed by atoms with van der Waals surface area (Å²) in [5.74, 6) is 8.57. The molecule has 1 aromatic heterocycles. The Morgan fingerprint density at radius 2 is 2.00 bits per heavy atom. The summed E-state index contributed by atoms with van der Waals surface area (Å²) in [6, 6.07) is 3.10. The molecule has 0 spiro atoms. The summed E-state index contributed by atoms with van der Waals surface area (Å²) < 4.78 is 2.13. The van der Waals surface area contributed by atoms with Crippen LogP contribution < -0.4 is 11.3 Å². The van der Waals surface area contributed by atoms with Gasteiger partial charge in [0.2, 0.25) is 0 Å². The standard InChI is InChI=1S/C16H28N4/c1-3-15(4-2)20-6-5-14(19-20)10-16(18-17)13-8-11-7-12(11)9-13/h5-6,11-13,15-16,18H,3-4,7-10,17H2,1-2H3. The summed E-state index contributed by atoms with van der Waals surface area (Å²) in [5, 5.41) is 4.76. The lowest BCUT2D eigenvalue weighted by Gasteiger charge is -2.23. The normalized spacial score (nSPS) is 29.7. The second kappa shape index (κ2) is 5.86. The first kappa shape index (κ1) is 14.1. The molecule has 2 saturated carbocycles. The molecule has 2 aliphatic carbocycles. The minimum Gasteiger partial charge on any atom is -0.271 e. The highest BCUT2D eigenvalue weighted by Crippen LogP contribution is 2.55. The van der Waals surface area contributed by atoms with Gasteiger partial charge in [-0.3, -0.25) is 16.0 Å². The zero-order valence-corrected chi connectivity index (χ0v) is 12.8. The van der Waals surface area contributed by atoms with Crippen molar-refractivity contribution in [2.24, 2.45) is 23.6 Å². The van der Waals surface area contributed by atoms with Crippen LogP contribution in [-0.4, -0.2) is 15.8 Å². The zero-order valence-electron chi connectivity index (χ0n) is 12.8. The highest BCUT2D eigenvalue weighted by molar-refractivity contribution is 5.06. The first-order valence-corrected chi connectivity index (χ1v) is 8.25. The van der Waals surface area contributed by atoms with Crippen LogP contribution in [0.15, 0.2) is 12.3 Å². The van der Waals surface area contributed by atoms with Gasteiger partial charge in [-0.1, -0.05) is 13.8 Å². The molecule has 0 amide bonds. The summed E-state index contributed by atoms with van der Waals surface area (Å²) >= 11 is 0. The average Bonchev–Trinajstić information content (AvgIpc) is 2.89. The van der Waals surface area contributed by atoms with Crippen molar-refractivity contribution in [3.63, 3.8) is 0 Å². The Kier molecular flexibility index (Phi) is 4.13. The molecule has 2 aliphatic rings. The quantitative estimate of drug-likeness (QED) is 0.594. The van der Waals surface area contributed by atoms with Crippen molar-refractivity contribution in [3.05, 3.63) is 18.0 Å². The van der Waals surface area contributed by atoms with E-state index in [0.29, 0.717) is 12.1 Å². The van der Waals surface area contributed by atoms with Gasteiger partial charge in [0.1, 0.15) is 0 Å². The van der Waals surface area contributed by atoms with Crippen LogP contribution in [0.4, 0.5) is 0 Å². The van der Waals surface area contributed by atoms with E-state index in [-0.39, 0.29) is 0 Å². The van der Waals surface area contributed by atoms with Crippen molar-refractivity contribution >= 4 is 0 Å². The van der Waals surface area contributed by atoms with Crippen molar-refractivity contribution in [1.82, 2.24) is 15.2 Å². The van der Waals surface area contributed by atoms with E-state index in [9.17, 15) is 0 Å². The fourth-order valence-electron chi connectivity index (χ4n) is 4.03. The second-order valence-electron chi connectivity index (χ2n) is 6.72. The maximum atomic E-state index is 5.80. The molecule has 4 heteroatoms. The molecule has 1 heterocycles. The fraction of sp³-hybridized carbons (Fsp3) is 0.812. The van der Waals surface area contributed by atoms with Crippen LogP contribution in [0.1, 0.15) is 57.7 Å². The van der Waals surface area contributed by atoms with Gasteiger partial charge in [-0.05, 0) is 55.9 Å². The molecule has 1 aromatic rings. The molecule has 0 saturated heterocycles. The molecule has 0 aliphatic heterocycles. The molecular formula is C16H28N4. The number of nitrogens with two attached hydrogens (primary N) is 1. The number of hydrogen-bond acceptors (Lipinski definition) is 3. The summed E-state index contributed by atoms with van der Waals surface area (Å²) in [5.41, 5.74) is 4.23. The Bertz CT molecular complexity index is 427. The largest absolute Gasteiger partial charge is 0.271 e. The zero-order chi connectivity index (χ0) is 14.1. The van der Waals surface area contributed by atoms with Crippen LogP contribution in [0.5, 0.6) is 0 Å². The topological polar surface area (TPSA) is 55.9 Å². The lowest BCUT2D eigenvalue weighted by atomic mass is 9.92. The van der Waals surface area contributed by atoms with E-state index < -0.39 is 0 Å². The fourth-order valence-corrected chi connectivity index (χ4v) is 4.03. The van der Waals surface area contributed by atoms with Gasteiger partial charge in [-0.25, -0.2) is 0 Å². The summed E-state index contributed by atoms with van der Waals surface area (Å²) in [7, 11) is 0. The first-order valence-electron chi connectivity index (χ1n) is 8.25. The molecule has 0 aromatic carbocycles. The summed E-state index contributed by atoms with van der Waals surface area (Å²) in [6.45, 7) is 4.45.